The molecule has 0 unspecified atom stereocenters. The van der Waals surface area contributed by atoms with Gasteiger partial charge in [0.05, 0.1) is 12.3 Å². The van der Waals surface area contributed by atoms with Gasteiger partial charge < -0.3 is 0 Å². The second-order valence-electron chi connectivity index (χ2n) is 6.55. The summed E-state index contributed by atoms with van der Waals surface area (Å²) in [5, 5.41) is 7.18. The van der Waals surface area contributed by atoms with E-state index in [2.05, 4.69) is 4.98 Å². The van der Waals surface area contributed by atoms with E-state index in [1.807, 2.05) is 35.8 Å². The lowest BCUT2D eigenvalue weighted by molar-refractivity contribution is 0.696. The van der Waals surface area contributed by atoms with E-state index < -0.39 is 5.69 Å². The van der Waals surface area contributed by atoms with Gasteiger partial charge in [0, 0.05) is 25.7 Å². The van der Waals surface area contributed by atoms with Gasteiger partial charge in [0.15, 0.2) is 11.2 Å². The number of fused-ring (bicyclic) bond motifs is 3. The second kappa shape index (κ2) is 6.38. The van der Waals surface area contributed by atoms with Gasteiger partial charge in [-0.2, -0.15) is 10.1 Å². The van der Waals surface area contributed by atoms with Crippen LogP contribution in [0.2, 0.25) is 5.02 Å². The number of benzene rings is 1. The number of anilines is 1. The normalized spacial score (nSPS) is 13.8. The van der Waals surface area contributed by atoms with Crippen molar-refractivity contribution in [1.82, 2.24) is 18.7 Å². The van der Waals surface area contributed by atoms with Gasteiger partial charge in [0.2, 0.25) is 5.95 Å². The van der Waals surface area contributed by atoms with Crippen LogP contribution in [0.4, 0.5) is 5.95 Å². The zero-order valence-electron chi connectivity index (χ0n) is 15.3. The molecule has 2 aromatic heterocycles. The quantitative estimate of drug-likeness (QED) is 0.686. The molecule has 1 aliphatic rings. The predicted octanol–water partition coefficient (Wildman–Crippen LogP) is 1.72. The maximum Gasteiger partial charge on any atom is 0.332 e. The molecule has 27 heavy (non-hydrogen) atoms. The summed E-state index contributed by atoms with van der Waals surface area (Å²) in [4.78, 5) is 29.6. The summed E-state index contributed by atoms with van der Waals surface area (Å²) in [5.74, 6) is 0.572. The van der Waals surface area contributed by atoms with Crippen molar-refractivity contribution in [2.24, 2.45) is 19.2 Å². The topological polar surface area (TPSA) is 77.4 Å². The number of halogens is 1. The van der Waals surface area contributed by atoms with Crippen LogP contribution in [0.5, 0.6) is 0 Å². The molecule has 3 heterocycles. The van der Waals surface area contributed by atoms with Crippen molar-refractivity contribution in [3.63, 3.8) is 0 Å². The summed E-state index contributed by atoms with van der Waals surface area (Å²) in [6, 6.07) is 7.44. The number of imidazole rings is 1. The van der Waals surface area contributed by atoms with E-state index >= 15 is 0 Å². The number of aryl methyl sites for hydroxylation is 1. The fourth-order valence-corrected chi connectivity index (χ4v) is 3.43. The van der Waals surface area contributed by atoms with Crippen LogP contribution >= 0.6 is 11.6 Å². The zero-order valence-corrected chi connectivity index (χ0v) is 16.1. The van der Waals surface area contributed by atoms with Gasteiger partial charge in [0.25, 0.3) is 5.56 Å². The summed E-state index contributed by atoms with van der Waals surface area (Å²) >= 11 is 6.00. The third-order valence-corrected chi connectivity index (χ3v) is 4.97. The van der Waals surface area contributed by atoms with Gasteiger partial charge >= 0.3 is 5.69 Å². The Bertz CT molecular complexity index is 1190. The number of aromatic nitrogens is 4. The molecule has 9 heteroatoms. The Morgan fingerprint density at radius 2 is 1.81 bits per heavy atom. The molecule has 4 rings (SSSR count). The first kappa shape index (κ1) is 17.5. The van der Waals surface area contributed by atoms with Crippen LogP contribution < -0.4 is 16.3 Å². The van der Waals surface area contributed by atoms with Gasteiger partial charge in [-0.05, 0) is 24.1 Å². The van der Waals surface area contributed by atoms with Crippen molar-refractivity contribution in [2.45, 2.75) is 19.9 Å². The molecule has 8 nitrogen and oxygen atoms in total. The molecule has 1 aliphatic heterocycles. The fraction of sp³-hybridized carbons (Fsp3) is 0.333. The van der Waals surface area contributed by atoms with Gasteiger partial charge in [-0.3, -0.25) is 18.5 Å². The van der Waals surface area contributed by atoms with Crippen LogP contribution in [0.15, 0.2) is 39.0 Å². The molecule has 0 amide bonds. The molecule has 0 fully saturated rings. The van der Waals surface area contributed by atoms with E-state index in [9.17, 15) is 9.59 Å². The molecule has 0 saturated carbocycles. The highest BCUT2D eigenvalue weighted by Gasteiger charge is 2.27. The summed E-state index contributed by atoms with van der Waals surface area (Å²) < 4.78 is 4.34. The SMILES string of the molecule is CCCN1N=C(c2ccc(Cl)cc2)Cn2c1nc1c2c(=O)n(C)c(=O)n1C. The summed E-state index contributed by atoms with van der Waals surface area (Å²) in [5.41, 5.74) is 1.74. The molecule has 3 aromatic rings. The third-order valence-electron chi connectivity index (χ3n) is 4.72. The first-order valence-corrected chi connectivity index (χ1v) is 9.07. The van der Waals surface area contributed by atoms with Crippen molar-refractivity contribution in [3.05, 3.63) is 55.7 Å². The molecular weight excluding hydrogens is 368 g/mol. The largest absolute Gasteiger partial charge is 0.332 e. The summed E-state index contributed by atoms with van der Waals surface area (Å²) in [7, 11) is 3.10. The standard InChI is InChI=1S/C18H19ClN6O2/c1-4-9-25-17-20-15-14(16(26)23(3)18(27)22(15)2)24(17)10-13(21-25)11-5-7-12(19)8-6-11/h5-8H,4,9-10H2,1-3H3. The van der Waals surface area contributed by atoms with Crippen LogP contribution in [0.25, 0.3) is 11.2 Å². The molecule has 0 saturated heterocycles. The minimum absolute atomic E-state index is 0.361. The molecule has 0 radical (unpaired) electrons. The van der Waals surface area contributed by atoms with Crippen LogP contribution in [0, 0.1) is 0 Å². The smallest absolute Gasteiger partial charge is 0.297 e. The Morgan fingerprint density at radius 1 is 1.11 bits per heavy atom. The average molecular weight is 387 g/mol. The Kier molecular flexibility index (Phi) is 4.15. The number of nitrogens with zero attached hydrogens (tertiary/aromatic N) is 6. The molecule has 0 N–H and O–H groups in total. The van der Waals surface area contributed by atoms with Crippen molar-refractivity contribution in [1.29, 1.82) is 0 Å². The van der Waals surface area contributed by atoms with E-state index in [1.54, 1.807) is 12.1 Å². The lowest BCUT2D eigenvalue weighted by Crippen LogP contribution is -2.38. The Labute approximate surface area is 159 Å². The van der Waals surface area contributed by atoms with Crippen molar-refractivity contribution >= 4 is 34.4 Å². The van der Waals surface area contributed by atoms with E-state index in [0.717, 1.165) is 22.3 Å². The Morgan fingerprint density at radius 3 is 2.48 bits per heavy atom. The lowest BCUT2D eigenvalue weighted by atomic mass is 10.1. The maximum atomic E-state index is 12.8. The van der Waals surface area contributed by atoms with Gasteiger partial charge in [0.1, 0.15) is 0 Å². The molecular formula is C18H19ClN6O2. The first-order chi connectivity index (χ1) is 12.9. The highest BCUT2D eigenvalue weighted by molar-refractivity contribution is 6.30. The summed E-state index contributed by atoms with van der Waals surface area (Å²) in [6.45, 7) is 3.09. The van der Waals surface area contributed by atoms with Gasteiger partial charge in [-0.25, -0.2) is 9.80 Å². The lowest BCUT2D eigenvalue weighted by Gasteiger charge is -2.25. The number of hydrogen-bond donors (Lipinski definition) is 0. The van der Waals surface area contributed by atoms with Crippen LogP contribution in [0.3, 0.4) is 0 Å². The minimum atomic E-state index is -0.399. The molecule has 0 spiro atoms. The molecule has 0 bridgehead atoms. The third kappa shape index (κ3) is 2.68. The summed E-state index contributed by atoms with van der Waals surface area (Å²) in [6.07, 6.45) is 0.859. The number of hydrogen-bond acceptors (Lipinski definition) is 5. The van der Waals surface area contributed by atoms with Gasteiger partial charge in [-0.1, -0.05) is 30.7 Å². The Balaban J connectivity index is 1.96. The van der Waals surface area contributed by atoms with Crippen LogP contribution in [-0.2, 0) is 20.6 Å². The van der Waals surface area contributed by atoms with Crippen molar-refractivity contribution in [3.8, 4) is 0 Å². The van der Waals surface area contributed by atoms with Crippen LogP contribution in [0.1, 0.15) is 18.9 Å². The second-order valence-corrected chi connectivity index (χ2v) is 6.99. The highest BCUT2D eigenvalue weighted by Crippen LogP contribution is 2.25. The number of hydrazone groups is 1. The first-order valence-electron chi connectivity index (χ1n) is 8.69. The van der Waals surface area contributed by atoms with Crippen LogP contribution in [-0.4, -0.2) is 30.9 Å². The van der Waals surface area contributed by atoms with Gasteiger partial charge in [-0.15, -0.1) is 0 Å². The molecule has 140 valence electrons. The predicted molar refractivity (Wildman–Crippen MR) is 106 cm³/mol. The Hall–Kier alpha value is -2.87. The van der Waals surface area contributed by atoms with E-state index in [0.29, 0.717) is 35.2 Å². The number of rotatable bonds is 3. The average Bonchev–Trinajstić information content (AvgIpc) is 3.05. The minimum Gasteiger partial charge on any atom is -0.297 e. The molecule has 0 atom stereocenters. The van der Waals surface area contributed by atoms with Crippen molar-refractivity contribution < 1.29 is 0 Å². The van der Waals surface area contributed by atoms with E-state index in [1.165, 1.54) is 11.6 Å². The van der Waals surface area contributed by atoms with E-state index in [4.69, 9.17) is 16.7 Å². The zero-order chi connectivity index (χ0) is 19.3. The highest BCUT2D eigenvalue weighted by atomic mass is 35.5. The molecule has 1 aromatic carbocycles. The van der Waals surface area contributed by atoms with Crippen molar-refractivity contribution in [2.75, 3.05) is 11.6 Å². The maximum absolute atomic E-state index is 12.8. The van der Waals surface area contributed by atoms with E-state index in [-0.39, 0.29) is 5.56 Å². The fourth-order valence-electron chi connectivity index (χ4n) is 3.31. The molecule has 0 aliphatic carbocycles. The monoisotopic (exact) mass is 386 g/mol.